The van der Waals surface area contributed by atoms with Crippen molar-refractivity contribution in [3.8, 4) is 6.07 Å². The lowest BCUT2D eigenvalue weighted by Gasteiger charge is -2.10. The number of aliphatic hydroxyl groups is 1. The number of aliphatic hydroxyl groups excluding tert-OH is 1. The average Bonchev–Trinajstić information content (AvgIpc) is 2.29. The van der Waals surface area contributed by atoms with Crippen LogP contribution < -0.4 is 5.32 Å². The molecule has 1 unspecified atom stereocenters. The van der Waals surface area contributed by atoms with Gasteiger partial charge in [0.05, 0.1) is 11.7 Å². The van der Waals surface area contributed by atoms with Crippen LogP contribution in [0.3, 0.4) is 0 Å². The highest BCUT2D eigenvalue weighted by Gasteiger charge is 2.04. The molecule has 0 spiro atoms. The molecule has 0 aliphatic heterocycles. The fraction of sp³-hybridized carbons (Fsp3) is 0.500. The Bertz CT molecular complexity index is 384. The third-order valence-electron chi connectivity index (χ3n) is 2.40. The van der Waals surface area contributed by atoms with Gasteiger partial charge in [-0.05, 0) is 31.9 Å². The van der Waals surface area contributed by atoms with Gasteiger partial charge in [-0.2, -0.15) is 5.26 Å². The number of nitrogens with one attached hydrogen (secondary N) is 1. The molecule has 86 valence electrons. The van der Waals surface area contributed by atoms with E-state index >= 15 is 0 Å². The van der Waals surface area contributed by atoms with Crippen LogP contribution in [0, 0.1) is 18.3 Å². The lowest BCUT2D eigenvalue weighted by atomic mass is 10.2. The van der Waals surface area contributed by atoms with Crippen LogP contribution in [0.2, 0.25) is 0 Å². The number of pyridine rings is 1. The van der Waals surface area contributed by atoms with Crippen molar-refractivity contribution < 1.29 is 5.11 Å². The Morgan fingerprint density at radius 3 is 2.94 bits per heavy atom. The largest absolute Gasteiger partial charge is 0.393 e. The zero-order chi connectivity index (χ0) is 12.0. The molecule has 0 saturated carbocycles. The summed E-state index contributed by atoms with van der Waals surface area (Å²) in [4.78, 5) is 4.25. The van der Waals surface area contributed by atoms with E-state index in [2.05, 4.69) is 16.4 Å². The molecule has 1 aromatic rings. The second-order valence-electron chi connectivity index (χ2n) is 3.74. The maximum Gasteiger partial charge on any atom is 0.144 e. The summed E-state index contributed by atoms with van der Waals surface area (Å²) in [7, 11) is 0. The van der Waals surface area contributed by atoms with Crippen LogP contribution in [0.4, 0.5) is 5.82 Å². The molecule has 1 aromatic heterocycles. The van der Waals surface area contributed by atoms with E-state index < -0.39 is 0 Å². The molecule has 16 heavy (non-hydrogen) atoms. The van der Waals surface area contributed by atoms with Crippen molar-refractivity contribution in [3.05, 3.63) is 23.4 Å². The summed E-state index contributed by atoms with van der Waals surface area (Å²) in [6.07, 6.45) is 1.12. The van der Waals surface area contributed by atoms with Crippen LogP contribution in [0.5, 0.6) is 0 Å². The number of hydrogen-bond donors (Lipinski definition) is 2. The molecule has 1 atom stereocenters. The van der Waals surface area contributed by atoms with Crippen molar-refractivity contribution in [2.24, 2.45) is 0 Å². The Kier molecular flexibility index (Phi) is 4.74. The monoisotopic (exact) mass is 219 g/mol. The van der Waals surface area contributed by atoms with Crippen molar-refractivity contribution in [2.75, 3.05) is 11.9 Å². The molecule has 1 heterocycles. The van der Waals surface area contributed by atoms with Crippen LogP contribution >= 0.6 is 0 Å². The molecule has 2 N–H and O–H groups in total. The molecule has 0 bridgehead atoms. The van der Waals surface area contributed by atoms with Gasteiger partial charge in [-0.3, -0.25) is 0 Å². The number of rotatable bonds is 5. The molecule has 0 saturated heterocycles. The van der Waals surface area contributed by atoms with Gasteiger partial charge in [0, 0.05) is 12.2 Å². The Labute approximate surface area is 95.9 Å². The quantitative estimate of drug-likeness (QED) is 0.792. The Morgan fingerprint density at radius 1 is 1.56 bits per heavy atom. The molecule has 1 rings (SSSR count). The SMILES string of the molecule is CCC(O)CCNc1nc(C)ccc1C#N. The van der Waals surface area contributed by atoms with Crippen molar-refractivity contribution in [1.82, 2.24) is 4.98 Å². The smallest absolute Gasteiger partial charge is 0.144 e. The zero-order valence-electron chi connectivity index (χ0n) is 9.70. The average molecular weight is 219 g/mol. The van der Waals surface area contributed by atoms with Gasteiger partial charge in [0.2, 0.25) is 0 Å². The number of aromatic nitrogens is 1. The van der Waals surface area contributed by atoms with E-state index in [0.717, 1.165) is 12.1 Å². The molecular formula is C12H17N3O. The maximum atomic E-state index is 9.39. The van der Waals surface area contributed by atoms with Crippen molar-refractivity contribution in [1.29, 1.82) is 5.26 Å². The Morgan fingerprint density at radius 2 is 2.31 bits per heavy atom. The summed E-state index contributed by atoms with van der Waals surface area (Å²) >= 11 is 0. The summed E-state index contributed by atoms with van der Waals surface area (Å²) in [5, 5.41) is 21.4. The normalized spacial score (nSPS) is 11.9. The van der Waals surface area contributed by atoms with Crippen molar-refractivity contribution in [2.45, 2.75) is 32.8 Å². The molecule has 0 fully saturated rings. The van der Waals surface area contributed by atoms with Crippen molar-refractivity contribution in [3.63, 3.8) is 0 Å². The molecule has 4 nitrogen and oxygen atoms in total. The first kappa shape index (κ1) is 12.5. The molecule has 4 heteroatoms. The minimum Gasteiger partial charge on any atom is -0.393 e. The predicted octanol–water partition coefficient (Wildman–Crippen LogP) is 1.83. The summed E-state index contributed by atoms with van der Waals surface area (Å²) in [6, 6.07) is 5.65. The predicted molar refractivity (Wildman–Crippen MR) is 63.1 cm³/mol. The number of anilines is 1. The molecular weight excluding hydrogens is 202 g/mol. The fourth-order valence-corrected chi connectivity index (χ4v) is 1.34. The molecule has 0 aliphatic rings. The number of hydrogen-bond acceptors (Lipinski definition) is 4. The first-order chi connectivity index (χ1) is 7.67. The van der Waals surface area contributed by atoms with Gasteiger partial charge in [-0.1, -0.05) is 6.92 Å². The minimum atomic E-state index is -0.289. The lowest BCUT2D eigenvalue weighted by Crippen LogP contribution is -2.13. The van der Waals surface area contributed by atoms with Crippen LogP contribution in [0.15, 0.2) is 12.1 Å². The zero-order valence-corrected chi connectivity index (χ0v) is 9.70. The minimum absolute atomic E-state index is 0.289. The summed E-state index contributed by atoms with van der Waals surface area (Å²) in [5.74, 6) is 0.603. The van der Waals surface area contributed by atoms with E-state index in [1.165, 1.54) is 0 Å². The highest BCUT2D eigenvalue weighted by atomic mass is 16.3. The van der Waals surface area contributed by atoms with E-state index in [1.807, 2.05) is 19.9 Å². The highest BCUT2D eigenvalue weighted by Crippen LogP contribution is 2.12. The Balaban J connectivity index is 2.59. The van der Waals surface area contributed by atoms with Gasteiger partial charge >= 0.3 is 0 Å². The van der Waals surface area contributed by atoms with Gasteiger partial charge < -0.3 is 10.4 Å². The lowest BCUT2D eigenvalue weighted by molar-refractivity contribution is 0.164. The van der Waals surface area contributed by atoms with Gasteiger partial charge in [0.25, 0.3) is 0 Å². The molecule has 0 aliphatic carbocycles. The second kappa shape index (κ2) is 6.09. The van der Waals surface area contributed by atoms with Gasteiger partial charge in [0.1, 0.15) is 11.9 Å². The maximum absolute atomic E-state index is 9.39. The summed E-state index contributed by atoms with van der Waals surface area (Å²) < 4.78 is 0. The number of aryl methyl sites for hydroxylation is 1. The van der Waals surface area contributed by atoms with E-state index in [4.69, 9.17) is 5.26 Å². The van der Waals surface area contributed by atoms with Crippen molar-refractivity contribution >= 4 is 5.82 Å². The van der Waals surface area contributed by atoms with Crippen LogP contribution in [-0.4, -0.2) is 22.7 Å². The fourth-order valence-electron chi connectivity index (χ4n) is 1.34. The number of nitriles is 1. The van der Waals surface area contributed by atoms with E-state index in [9.17, 15) is 5.11 Å². The van der Waals surface area contributed by atoms with E-state index in [0.29, 0.717) is 24.3 Å². The Hall–Kier alpha value is -1.60. The van der Waals surface area contributed by atoms with Crippen LogP contribution in [-0.2, 0) is 0 Å². The summed E-state index contributed by atoms with van der Waals surface area (Å²) in [6.45, 7) is 4.45. The van der Waals surface area contributed by atoms with Crippen LogP contribution in [0.25, 0.3) is 0 Å². The number of nitrogens with zero attached hydrogens (tertiary/aromatic N) is 2. The first-order valence-corrected chi connectivity index (χ1v) is 5.47. The van der Waals surface area contributed by atoms with E-state index in [-0.39, 0.29) is 6.10 Å². The molecule has 0 aromatic carbocycles. The second-order valence-corrected chi connectivity index (χ2v) is 3.74. The van der Waals surface area contributed by atoms with Gasteiger partial charge in [0.15, 0.2) is 0 Å². The van der Waals surface area contributed by atoms with Gasteiger partial charge in [-0.15, -0.1) is 0 Å². The standard InChI is InChI=1S/C12H17N3O/c1-3-11(16)6-7-14-12-10(8-13)5-4-9(2)15-12/h4-5,11,16H,3,6-7H2,1-2H3,(H,14,15). The van der Waals surface area contributed by atoms with Gasteiger partial charge in [-0.25, -0.2) is 4.98 Å². The first-order valence-electron chi connectivity index (χ1n) is 5.47. The summed E-state index contributed by atoms with van der Waals surface area (Å²) in [5.41, 5.74) is 1.41. The third kappa shape index (κ3) is 3.52. The molecule has 0 amide bonds. The topological polar surface area (TPSA) is 68.9 Å². The molecule has 0 radical (unpaired) electrons. The highest BCUT2D eigenvalue weighted by molar-refractivity contribution is 5.52. The van der Waals surface area contributed by atoms with Crippen LogP contribution in [0.1, 0.15) is 31.0 Å². The third-order valence-corrected chi connectivity index (χ3v) is 2.40. The van der Waals surface area contributed by atoms with E-state index in [1.54, 1.807) is 6.07 Å².